The Labute approximate surface area is 164 Å². The maximum atomic E-state index is 13.4. The third-order valence-electron chi connectivity index (χ3n) is 3.82. The van der Waals surface area contributed by atoms with Crippen LogP contribution in [0.4, 0.5) is 74.6 Å². The molecule has 19 heteroatoms. The van der Waals surface area contributed by atoms with E-state index in [1.165, 1.54) is 0 Å². The number of hydrogen-bond acceptors (Lipinski definition) is 1. The van der Waals surface area contributed by atoms with Crippen molar-refractivity contribution in [1.29, 1.82) is 0 Å². The zero-order chi connectivity index (χ0) is 26.6. The summed E-state index contributed by atoms with van der Waals surface area (Å²) in [5, 5.41) is 7.90. The van der Waals surface area contributed by atoms with Gasteiger partial charge in [0, 0.05) is 6.42 Å². The second kappa shape index (κ2) is 7.81. The second-order valence-electron chi connectivity index (χ2n) is 5.91. The van der Waals surface area contributed by atoms with Gasteiger partial charge < -0.3 is 5.11 Å². The number of carboxylic acids is 1. The third-order valence-corrected chi connectivity index (χ3v) is 3.82. The Hall–Kier alpha value is -1.98. The van der Waals surface area contributed by atoms with Crippen LogP contribution in [0.15, 0.2) is 11.9 Å². The van der Waals surface area contributed by atoms with Gasteiger partial charge in [-0.1, -0.05) is 6.92 Å². The number of halogens is 17. The Morgan fingerprint density at radius 3 is 1.19 bits per heavy atom. The van der Waals surface area contributed by atoms with Crippen LogP contribution in [0, 0.1) is 0 Å². The minimum absolute atomic E-state index is 0.0961. The number of carboxylic acid groups (broad SMARTS) is 1. The van der Waals surface area contributed by atoms with Crippen molar-refractivity contribution >= 4 is 5.97 Å². The molecule has 0 aliphatic rings. The molecule has 0 spiro atoms. The molecule has 2 nitrogen and oxygen atoms in total. The van der Waals surface area contributed by atoms with Crippen LogP contribution in [0.25, 0.3) is 0 Å². The van der Waals surface area contributed by atoms with Crippen molar-refractivity contribution in [3.8, 4) is 0 Å². The maximum Gasteiger partial charge on any atom is 0.385 e. The van der Waals surface area contributed by atoms with Crippen molar-refractivity contribution in [1.82, 2.24) is 0 Å². The van der Waals surface area contributed by atoms with Crippen molar-refractivity contribution < 1.29 is 84.5 Å². The van der Waals surface area contributed by atoms with Gasteiger partial charge in [0.2, 0.25) is 0 Å². The number of allylic oxidation sites excluding steroid dienone is 1. The average Bonchev–Trinajstić information content (AvgIpc) is 2.59. The van der Waals surface area contributed by atoms with Gasteiger partial charge >= 0.3 is 53.3 Å². The first-order valence-corrected chi connectivity index (χ1v) is 7.28. The minimum atomic E-state index is -8.69. The van der Waals surface area contributed by atoms with Crippen LogP contribution >= 0.6 is 0 Å². The molecule has 0 bridgehead atoms. The topological polar surface area (TPSA) is 37.3 Å². The summed E-state index contributed by atoms with van der Waals surface area (Å²) >= 11 is 0. The van der Waals surface area contributed by atoms with Gasteiger partial charge in [0.1, 0.15) is 0 Å². The van der Waals surface area contributed by atoms with Crippen LogP contribution in [0.2, 0.25) is 0 Å². The van der Waals surface area contributed by atoms with E-state index in [0.717, 1.165) is 0 Å². The predicted molar refractivity (Wildman–Crippen MR) is 66.7 cm³/mol. The van der Waals surface area contributed by atoms with E-state index < -0.39 is 71.7 Å². The molecule has 0 unspecified atom stereocenters. The first-order valence-electron chi connectivity index (χ1n) is 7.28. The van der Waals surface area contributed by atoms with Crippen LogP contribution in [-0.4, -0.2) is 58.5 Å². The van der Waals surface area contributed by atoms with Crippen molar-refractivity contribution in [3.63, 3.8) is 0 Å². The molecule has 0 aliphatic carbocycles. The Bertz CT molecular complexity index is 752. The lowest BCUT2D eigenvalue weighted by Crippen LogP contribution is -2.74. The molecule has 0 aromatic heterocycles. The number of aliphatic carboxylic acids is 1. The molecule has 0 amide bonds. The predicted octanol–water partition coefficient (Wildman–Crippen LogP) is 6.42. The number of rotatable bonds is 10. The molecule has 0 aliphatic heterocycles. The standard InChI is InChI=1S/C13H7F17O2/c1-2-6(15,16)8(19,20)10(23,24)12(27,28)13(29,30)11(25,26)9(21,22)7(17,18)4(14)3-5(31)32/h3H,2H2,1H3,(H,31,32). The maximum absolute atomic E-state index is 13.4. The Kier molecular flexibility index (Phi) is 7.32. The molecule has 0 fully saturated rings. The molecule has 0 aromatic rings. The summed E-state index contributed by atoms with van der Waals surface area (Å²) in [6, 6.07) is 0. The van der Waals surface area contributed by atoms with Gasteiger partial charge in [-0.15, -0.1) is 0 Å². The number of alkyl halides is 16. The van der Waals surface area contributed by atoms with Crippen molar-refractivity contribution in [3.05, 3.63) is 11.9 Å². The molecule has 32 heavy (non-hydrogen) atoms. The monoisotopic (exact) mass is 518 g/mol. The highest BCUT2D eigenvalue weighted by Crippen LogP contribution is 2.64. The summed E-state index contributed by atoms with van der Waals surface area (Å²) in [6.07, 6.45) is -4.14. The fraction of sp³-hybridized carbons (Fsp3) is 0.769. The van der Waals surface area contributed by atoms with Gasteiger partial charge in [0.25, 0.3) is 0 Å². The Morgan fingerprint density at radius 2 is 0.906 bits per heavy atom. The summed E-state index contributed by atoms with van der Waals surface area (Å²) in [5.74, 6) is -70.9. The van der Waals surface area contributed by atoms with Crippen LogP contribution in [0.1, 0.15) is 13.3 Å². The first kappa shape index (κ1) is 30.0. The van der Waals surface area contributed by atoms with Gasteiger partial charge in [0.15, 0.2) is 5.83 Å². The van der Waals surface area contributed by atoms with E-state index in [9.17, 15) is 79.4 Å². The van der Waals surface area contributed by atoms with Gasteiger partial charge in [-0.25, -0.2) is 9.18 Å². The number of hydrogen-bond donors (Lipinski definition) is 1. The molecule has 0 aromatic carbocycles. The third kappa shape index (κ3) is 3.73. The molecule has 1 N–H and O–H groups in total. The van der Waals surface area contributed by atoms with E-state index in [0.29, 0.717) is 0 Å². The molecule has 190 valence electrons. The average molecular weight is 518 g/mol. The summed E-state index contributed by atoms with van der Waals surface area (Å²) in [5.41, 5.74) is 0. The summed E-state index contributed by atoms with van der Waals surface area (Å²) in [7, 11) is 0. The molecule has 0 saturated carbocycles. The quantitative estimate of drug-likeness (QED) is 0.268. The van der Waals surface area contributed by atoms with E-state index in [1.807, 2.05) is 0 Å². The van der Waals surface area contributed by atoms with Gasteiger partial charge in [-0.2, -0.15) is 70.2 Å². The SMILES string of the molecule is CCC(F)(F)C(F)(F)C(F)(F)C(F)(F)C(F)(F)C(F)(F)C(F)(F)C(F)(F)C(F)=CC(=O)O. The normalized spacial score (nSPS) is 16.4. The zero-order valence-electron chi connectivity index (χ0n) is 14.6. The fourth-order valence-electron chi connectivity index (χ4n) is 1.79. The lowest BCUT2D eigenvalue weighted by molar-refractivity contribution is -0.451. The first-order chi connectivity index (χ1) is 13.6. The lowest BCUT2D eigenvalue weighted by Gasteiger charge is -2.43. The molecular weight excluding hydrogens is 511 g/mol. The summed E-state index contributed by atoms with van der Waals surface area (Å²) in [4.78, 5) is 9.95. The van der Waals surface area contributed by atoms with E-state index in [1.54, 1.807) is 0 Å². The molecular formula is C13H7F17O2. The number of carbonyl (C=O) groups is 1. The Morgan fingerprint density at radius 1 is 0.625 bits per heavy atom. The van der Waals surface area contributed by atoms with Crippen LogP contribution in [0.3, 0.4) is 0 Å². The highest BCUT2D eigenvalue weighted by molar-refractivity contribution is 5.80. The fourth-order valence-corrected chi connectivity index (χ4v) is 1.79. The summed E-state index contributed by atoms with van der Waals surface area (Å²) in [6.45, 7) is -0.0961. The molecule has 0 rings (SSSR count). The second-order valence-corrected chi connectivity index (χ2v) is 5.91. The van der Waals surface area contributed by atoms with Gasteiger partial charge in [-0.05, 0) is 0 Å². The largest absolute Gasteiger partial charge is 0.478 e. The van der Waals surface area contributed by atoms with Gasteiger partial charge in [-0.3, -0.25) is 0 Å². The molecule has 0 radical (unpaired) electrons. The van der Waals surface area contributed by atoms with Gasteiger partial charge in [0.05, 0.1) is 6.08 Å². The summed E-state index contributed by atoms with van der Waals surface area (Å²) < 4.78 is 225. The van der Waals surface area contributed by atoms with E-state index in [4.69, 9.17) is 5.11 Å². The highest BCUT2D eigenvalue weighted by Gasteiger charge is 2.94. The lowest BCUT2D eigenvalue weighted by atomic mass is 9.87. The van der Waals surface area contributed by atoms with Crippen molar-refractivity contribution in [2.24, 2.45) is 0 Å². The van der Waals surface area contributed by atoms with E-state index >= 15 is 0 Å². The zero-order valence-corrected chi connectivity index (χ0v) is 14.6. The van der Waals surface area contributed by atoms with E-state index in [2.05, 4.69) is 0 Å². The molecule has 0 atom stereocenters. The molecule has 0 saturated heterocycles. The van der Waals surface area contributed by atoms with Crippen molar-refractivity contribution in [2.75, 3.05) is 0 Å². The van der Waals surface area contributed by atoms with Crippen LogP contribution in [0.5, 0.6) is 0 Å². The highest BCUT2D eigenvalue weighted by atomic mass is 19.4. The minimum Gasteiger partial charge on any atom is -0.478 e. The Balaban J connectivity index is 6.90. The van der Waals surface area contributed by atoms with E-state index in [-0.39, 0.29) is 6.92 Å². The van der Waals surface area contributed by atoms with Crippen LogP contribution in [-0.2, 0) is 4.79 Å². The van der Waals surface area contributed by atoms with Crippen LogP contribution < -0.4 is 0 Å². The smallest absolute Gasteiger partial charge is 0.385 e. The molecule has 0 heterocycles. The van der Waals surface area contributed by atoms with Crippen molar-refractivity contribution in [2.45, 2.75) is 60.7 Å².